The fraction of sp³-hybridized carbons (Fsp3) is 0.0526. The Morgan fingerprint density at radius 2 is 2.04 bits per heavy atom. The maximum atomic E-state index is 12.4. The van der Waals surface area contributed by atoms with E-state index in [1.54, 1.807) is 24.3 Å². The number of carbonyl (C=O) groups excluding carboxylic acids is 1. The largest absolute Gasteiger partial charge is 0.490 e. The lowest BCUT2D eigenvalue weighted by atomic mass is 10.1. The maximum Gasteiger partial charge on any atom is 0.312 e. The second kappa shape index (κ2) is 7.52. The standard InChI is InChI=1S/C19H14N2O6/c1-26-17-8-7-13(10-15(17)21(24)25)20-18(22)9-6-12-11-27-16-5-3-2-4-14(16)19(12)23/h2-11H,1H3,(H,20,22)/b9-6+. The number of ether oxygens (including phenoxy) is 1. The first-order valence-electron chi connectivity index (χ1n) is 7.81. The summed E-state index contributed by atoms with van der Waals surface area (Å²) >= 11 is 0. The minimum Gasteiger partial charge on any atom is -0.490 e. The summed E-state index contributed by atoms with van der Waals surface area (Å²) in [5.41, 5.74) is 0.359. The SMILES string of the molecule is COc1ccc(NC(=O)/C=C/c2coc3ccccc3c2=O)cc1[N+](=O)[O-]. The van der Waals surface area contributed by atoms with Crippen LogP contribution in [-0.2, 0) is 4.79 Å². The van der Waals surface area contributed by atoms with E-state index in [-0.39, 0.29) is 28.1 Å². The molecule has 0 bridgehead atoms. The molecule has 136 valence electrons. The van der Waals surface area contributed by atoms with Gasteiger partial charge < -0.3 is 14.5 Å². The zero-order chi connectivity index (χ0) is 19.4. The van der Waals surface area contributed by atoms with E-state index in [0.29, 0.717) is 11.0 Å². The summed E-state index contributed by atoms with van der Waals surface area (Å²) in [6.45, 7) is 0. The van der Waals surface area contributed by atoms with Crippen LogP contribution in [0.3, 0.4) is 0 Å². The Kier molecular flexibility index (Phi) is 4.98. The molecule has 1 heterocycles. The summed E-state index contributed by atoms with van der Waals surface area (Å²) in [5, 5.41) is 13.9. The van der Waals surface area contributed by atoms with E-state index in [1.807, 2.05) is 0 Å². The number of rotatable bonds is 5. The third kappa shape index (κ3) is 3.84. The number of nitrogens with one attached hydrogen (secondary N) is 1. The highest BCUT2D eigenvalue weighted by atomic mass is 16.6. The molecule has 0 saturated heterocycles. The van der Waals surface area contributed by atoms with Crippen molar-refractivity contribution < 1.29 is 18.9 Å². The molecule has 0 aliphatic carbocycles. The Morgan fingerprint density at radius 1 is 1.26 bits per heavy atom. The Morgan fingerprint density at radius 3 is 2.78 bits per heavy atom. The van der Waals surface area contributed by atoms with Crippen molar-refractivity contribution in [3.63, 3.8) is 0 Å². The molecule has 0 atom stereocenters. The van der Waals surface area contributed by atoms with Gasteiger partial charge in [0.2, 0.25) is 5.91 Å². The molecule has 0 saturated carbocycles. The maximum absolute atomic E-state index is 12.4. The van der Waals surface area contributed by atoms with Gasteiger partial charge in [-0.25, -0.2) is 0 Å². The average molecular weight is 366 g/mol. The van der Waals surface area contributed by atoms with Crippen LogP contribution in [0.5, 0.6) is 5.75 Å². The van der Waals surface area contributed by atoms with E-state index in [0.717, 1.165) is 6.08 Å². The fourth-order valence-corrected chi connectivity index (χ4v) is 2.47. The van der Waals surface area contributed by atoms with Gasteiger partial charge in [-0.2, -0.15) is 0 Å². The number of nitro benzene ring substituents is 1. The van der Waals surface area contributed by atoms with Crippen molar-refractivity contribution in [1.82, 2.24) is 0 Å². The number of hydrogen-bond acceptors (Lipinski definition) is 6. The Hall–Kier alpha value is -3.94. The van der Waals surface area contributed by atoms with Crippen LogP contribution in [0.1, 0.15) is 5.56 Å². The van der Waals surface area contributed by atoms with Gasteiger partial charge >= 0.3 is 5.69 Å². The number of amides is 1. The first-order valence-corrected chi connectivity index (χ1v) is 7.81. The molecule has 8 nitrogen and oxygen atoms in total. The summed E-state index contributed by atoms with van der Waals surface area (Å²) in [7, 11) is 1.32. The number of fused-ring (bicyclic) bond motifs is 1. The monoisotopic (exact) mass is 366 g/mol. The van der Waals surface area contributed by atoms with Crippen molar-refractivity contribution in [2.75, 3.05) is 12.4 Å². The average Bonchev–Trinajstić information content (AvgIpc) is 2.67. The molecule has 3 aromatic rings. The molecule has 0 aliphatic heterocycles. The molecular formula is C19H14N2O6. The highest BCUT2D eigenvalue weighted by Gasteiger charge is 2.15. The molecule has 1 amide bonds. The number of methoxy groups -OCH3 is 1. The van der Waals surface area contributed by atoms with Crippen molar-refractivity contribution >= 4 is 34.3 Å². The lowest BCUT2D eigenvalue weighted by Crippen LogP contribution is -2.09. The number of carbonyl (C=O) groups is 1. The number of nitrogens with zero attached hydrogens (tertiary/aromatic N) is 1. The summed E-state index contributed by atoms with van der Waals surface area (Å²) in [6.07, 6.45) is 3.75. The highest BCUT2D eigenvalue weighted by Crippen LogP contribution is 2.29. The zero-order valence-electron chi connectivity index (χ0n) is 14.2. The van der Waals surface area contributed by atoms with Crippen molar-refractivity contribution in [1.29, 1.82) is 0 Å². The van der Waals surface area contributed by atoms with Crippen LogP contribution in [0.2, 0.25) is 0 Å². The van der Waals surface area contributed by atoms with Crippen LogP contribution in [0.4, 0.5) is 11.4 Å². The molecule has 0 radical (unpaired) electrons. The molecule has 1 aromatic heterocycles. The van der Waals surface area contributed by atoms with Gasteiger partial charge in [0, 0.05) is 17.8 Å². The highest BCUT2D eigenvalue weighted by molar-refractivity contribution is 6.02. The molecule has 0 spiro atoms. The topological polar surface area (TPSA) is 112 Å². The molecule has 0 fully saturated rings. The van der Waals surface area contributed by atoms with E-state index < -0.39 is 10.8 Å². The van der Waals surface area contributed by atoms with Gasteiger partial charge in [-0.15, -0.1) is 0 Å². The normalized spacial score (nSPS) is 10.9. The number of hydrogen-bond donors (Lipinski definition) is 1. The van der Waals surface area contributed by atoms with E-state index in [2.05, 4.69) is 5.32 Å². The lowest BCUT2D eigenvalue weighted by Gasteiger charge is -2.05. The molecular weight excluding hydrogens is 352 g/mol. The van der Waals surface area contributed by atoms with Gasteiger partial charge in [0.1, 0.15) is 11.8 Å². The van der Waals surface area contributed by atoms with Gasteiger partial charge in [0.05, 0.1) is 23.0 Å². The molecule has 8 heteroatoms. The van der Waals surface area contributed by atoms with Gasteiger partial charge in [0.25, 0.3) is 0 Å². The summed E-state index contributed by atoms with van der Waals surface area (Å²) in [4.78, 5) is 34.8. The van der Waals surface area contributed by atoms with Gasteiger partial charge in [0.15, 0.2) is 11.2 Å². The van der Waals surface area contributed by atoms with Crippen LogP contribution in [0.25, 0.3) is 17.0 Å². The van der Waals surface area contributed by atoms with Crippen LogP contribution < -0.4 is 15.5 Å². The van der Waals surface area contributed by atoms with Crippen LogP contribution >= 0.6 is 0 Å². The molecule has 27 heavy (non-hydrogen) atoms. The van der Waals surface area contributed by atoms with E-state index in [1.165, 1.54) is 37.6 Å². The first-order chi connectivity index (χ1) is 13.0. The minimum atomic E-state index is -0.607. The first kappa shape index (κ1) is 17.9. The third-order valence-corrected chi connectivity index (χ3v) is 3.76. The second-order valence-electron chi connectivity index (χ2n) is 5.48. The summed E-state index contributed by atoms with van der Waals surface area (Å²) in [5.74, 6) is -0.468. The summed E-state index contributed by atoms with van der Waals surface area (Å²) in [6, 6.07) is 10.8. The van der Waals surface area contributed by atoms with E-state index >= 15 is 0 Å². The van der Waals surface area contributed by atoms with Crippen molar-refractivity contribution in [3.8, 4) is 5.75 Å². The predicted molar refractivity (Wildman–Crippen MR) is 99.8 cm³/mol. The van der Waals surface area contributed by atoms with Crippen molar-refractivity contribution in [3.05, 3.63) is 80.7 Å². The molecule has 1 N–H and O–H groups in total. The Labute approximate surface area is 152 Å². The Balaban J connectivity index is 1.80. The molecule has 0 unspecified atom stereocenters. The van der Waals surface area contributed by atoms with Crippen LogP contribution in [0.15, 0.2) is 64.0 Å². The van der Waals surface area contributed by atoms with Gasteiger partial charge in [-0.1, -0.05) is 12.1 Å². The fourth-order valence-electron chi connectivity index (χ4n) is 2.47. The summed E-state index contributed by atoms with van der Waals surface area (Å²) < 4.78 is 10.3. The van der Waals surface area contributed by atoms with Crippen LogP contribution in [-0.4, -0.2) is 17.9 Å². The second-order valence-corrected chi connectivity index (χ2v) is 5.48. The van der Waals surface area contributed by atoms with Crippen molar-refractivity contribution in [2.24, 2.45) is 0 Å². The molecule has 0 aliphatic rings. The predicted octanol–water partition coefficient (Wildman–Crippen LogP) is 3.36. The number of benzene rings is 2. The minimum absolute atomic E-state index is 0.0855. The van der Waals surface area contributed by atoms with Gasteiger partial charge in [-0.3, -0.25) is 19.7 Å². The van der Waals surface area contributed by atoms with Crippen LogP contribution in [0, 0.1) is 10.1 Å². The third-order valence-electron chi connectivity index (χ3n) is 3.76. The zero-order valence-corrected chi connectivity index (χ0v) is 14.2. The Bertz CT molecular complexity index is 1120. The number of para-hydroxylation sites is 1. The molecule has 2 aromatic carbocycles. The van der Waals surface area contributed by atoms with Crippen molar-refractivity contribution in [2.45, 2.75) is 0 Å². The number of anilines is 1. The quantitative estimate of drug-likeness (QED) is 0.421. The van der Waals surface area contributed by atoms with E-state index in [9.17, 15) is 19.7 Å². The smallest absolute Gasteiger partial charge is 0.312 e. The van der Waals surface area contributed by atoms with E-state index in [4.69, 9.17) is 9.15 Å². The lowest BCUT2D eigenvalue weighted by molar-refractivity contribution is -0.385. The van der Waals surface area contributed by atoms with Gasteiger partial charge in [-0.05, 0) is 30.3 Å². The molecule has 3 rings (SSSR count). The number of nitro groups is 1.